The van der Waals surface area contributed by atoms with Crippen LogP contribution in [0.25, 0.3) is 0 Å². The van der Waals surface area contributed by atoms with Gasteiger partial charge in [0.2, 0.25) is 0 Å². The minimum atomic E-state index is -0.593. The molecule has 0 aliphatic carbocycles. The molecule has 82 valence electrons. The number of nitrogens with two attached hydrogens (primary N) is 1. The second-order valence-electron chi connectivity index (χ2n) is 3.42. The number of thioether (sulfide) groups is 1. The minimum absolute atomic E-state index is 0.0414. The van der Waals surface area contributed by atoms with Crippen molar-refractivity contribution in [3.8, 4) is 0 Å². The Bertz CT molecular complexity index is 343. The molecule has 1 aliphatic heterocycles. The zero-order valence-corrected chi connectivity index (χ0v) is 8.82. The van der Waals surface area contributed by atoms with Crippen molar-refractivity contribution in [1.29, 1.82) is 0 Å². The molecule has 0 amide bonds. The molecule has 0 aromatic heterocycles. The van der Waals surface area contributed by atoms with E-state index in [-0.39, 0.29) is 15.8 Å². The van der Waals surface area contributed by atoms with Crippen LogP contribution in [0.4, 0.5) is 14.5 Å². The molecule has 0 bridgehead atoms. The highest BCUT2D eigenvalue weighted by molar-refractivity contribution is 8.00. The van der Waals surface area contributed by atoms with Gasteiger partial charge in [-0.05, 0) is 18.6 Å². The summed E-state index contributed by atoms with van der Waals surface area (Å²) in [6.45, 7) is 1.21. The van der Waals surface area contributed by atoms with Crippen LogP contribution >= 0.6 is 11.8 Å². The third kappa shape index (κ3) is 2.41. The molecule has 2 nitrogen and oxygen atoms in total. The van der Waals surface area contributed by atoms with Gasteiger partial charge in [-0.15, -0.1) is 11.8 Å². The number of rotatable bonds is 2. The maximum atomic E-state index is 13.4. The fourth-order valence-electron chi connectivity index (χ4n) is 1.46. The van der Waals surface area contributed by atoms with Gasteiger partial charge in [0.15, 0.2) is 0 Å². The van der Waals surface area contributed by atoms with Gasteiger partial charge in [0.25, 0.3) is 0 Å². The maximum Gasteiger partial charge on any atom is 0.141 e. The van der Waals surface area contributed by atoms with Crippen molar-refractivity contribution < 1.29 is 13.5 Å². The molecule has 2 rings (SSSR count). The fraction of sp³-hybridized carbons (Fsp3) is 0.400. The van der Waals surface area contributed by atoms with Gasteiger partial charge in [-0.3, -0.25) is 0 Å². The lowest BCUT2D eigenvalue weighted by Crippen LogP contribution is -2.03. The van der Waals surface area contributed by atoms with Crippen LogP contribution < -0.4 is 5.73 Å². The summed E-state index contributed by atoms with van der Waals surface area (Å²) in [5.74, 6) is -1.19. The average Bonchev–Trinajstić information content (AvgIpc) is 2.63. The van der Waals surface area contributed by atoms with E-state index in [0.717, 1.165) is 18.6 Å². The lowest BCUT2D eigenvalue weighted by molar-refractivity contribution is 0.199. The largest absolute Gasteiger partial charge is 0.399 e. The summed E-state index contributed by atoms with van der Waals surface area (Å²) in [5.41, 5.74) is 5.43. The van der Waals surface area contributed by atoms with Crippen LogP contribution in [0.1, 0.15) is 6.42 Å². The van der Waals surface area contributed by atoms with Crippen molar-refractivity contribution in [2.75, 3.05) is 18.9 Å². The molecule has 15 heavy (non-hydrogen) atoms. The van der Waals surface area contributed by atoms with E-state index < -0.39 is 11.6 Å². The number of hydrogen-bond acceptors (Lipinski definition) is 3. The monoisotopic (exact) mass is 231 g/mol. The predicted octanol–water partition coefficient (Wildman–Crippen LogP) is 2.43. The normalized spacial score (nSPS) is 20.8. The van der Waals surface area contributed by atoms with E-state index in [0.29, 0.717) is 13.2 Å². The summed E-state index contributed by atoms with van der Waals surface area (Å²) in [6, 6.07) is 2.28. The molecule has 1 saturated heterocycles. The molecule has 1 fully saturated rings. The first kappa shape index (κ1) is 10.7. The molecule has 1 aliphatic rings. The third-order valence-electron chi connectivity index (χ3n) is 2.19. The zero-order chi connectivity index (χ0) is 10.8. The van der Waals surface area contributed by atoms with Crippen LogP contribution in [0.2, 0.25) is 0 Å². The molecule has 0 spiro atoms. The van der Waals surface area contributed by atoms with Crippen LogP contribution in [0.3, 0.4) is 0 Å². The quantitative estimate of drug-likeness (QED) is 0.794. The number of anilines is 1. The molecule has 1 atom stereocenters. The molecule has 0 radical (unpaired) electrons. The zero-order valence-electron chi connectivity index (χ0n) is 8.00. The van der Waals surface area contributed by atoms with Crippen LogP contribution in [-0.4, -0.2) is 18.5 Å². The highest BCUT2D eigenvalue weighted by atomic mass is 32.2. The van der Waals surface area contributed by atoms with Crippen LogP contribution in [-0.2, 0) is 4.74 Å². The van der Waals surface area contributed by atoms with Gasteiger partial charge in [-0.25, -0.2) is 8.78 Å². The standard InChI is InChI=1S/C10H11F2NOS/c11-8-3-6(13)4-9(12)10(8)15-7-1-2-14-5-7/h3-4,7H,1-2,5,13H2. The van der Waals surface area contributed by atoms with E-state index in [4.69, 9.17) is 10.5 Å². The number of ether oxygens (including phenoxy) is 1. The van der Waals surface area contributed by atoms with E-state index in [2.05, 4.69) is 0 Å². The van der Waals surface area contributed by atoms with E-state index in [1.54, 1.807) is 0 Å². The van der Waals surface area contributed by atoms with Crippen LogP contribution in [0, 0.1) is 11.6 Å². The first-order valence-corrected chi connectivity index (χ1v) is 5.53. The van der Waals surface area contributed by atoms with Crippen molar-refractivity contribution in [2.24, 2.45) is 0 Å². The van der Waals surface area contributed by atoms with Crippen molar-refractivity contribution >= 4 is 17.4 Å². The Kier molecular flexibility index (Phi) is 3.11. The van der Waals surface area contributed by atoms with Gasteiger partial charge in [-0.1, -0.05) is 0 Å². The Labute approximate surface area is 90.8 Å². The van der Waals surface area contributed by atoms with Crippen molar-refractivity contribution in [3.05, 3.63) is 23.8 Å². The Hall–Kier alpha value is -0.810. The molecule has 0 saturated carbocycles. The third-order valence-corrected chi connectivity index (χ3v) is 3.52. The summed E-state index contributed by atoms with van der Waals surface area (Å²) in [6.07, 6.45) is 0.827. The molecule has 1 aromatic rings. The molecule has 1 unspecified atom stereocenters. The van der Waals surface area contributed by atoms with E-state index in [1.165, 1.54) is 11.8 Å². The second kappa shape index (κ2) is 4.37. The average molecular weight is 231 g/mol. The van der Waals surface area contributed by atoms with E-state index in [1.807, 2.05) is 0 Å². The first-order valence-electron chi connectivity index (χ1n) is 4.66. The summed E-state index contributed by atoms with van der Waals surface area (Å²) >= 11 is 1.18. The van der Waals surface area contributed by atoms with Crippen molar-refractivity contribution in [1.82, 2.24) is 0 Å². The van der Waals surface area contributed by atoms with Gasteiger partial charge in [0.1, 0.15) is 11.6 Å². The molecular weight excluding hydrogens is 220 g/mol. The summed E-state index contributed by atoms with van der Waals surface area (Å²) in [5, 5.41) is 0.137. The van der Waals surface area contributed by atoms with Crippen LogP contribution in [0.5, 0.6) is 0 Å². The topological polar surface area (TPSA) is 35.2 Å². The Morgan fingerprint density at radius 1 is 1.33 bits per heavy atom. The summed E-state index contributed by atoms with van der Waals surface area (Å²) in [4.78, 5) is 0.0414. The second-order valence-corrected chi connectivity index (χ2v) is 4.73. The molecule has 2 N–H and O–H groups in total. The van der Waals surface area contributed by atoms with Gasteiger partial charge < -0.3 is 10.5 Å². The number of nitrogen functional groups attached to an aromatic ring is 1. The lowest BCUT2D eigenvalue weighted by atomic mass is 10.3. The lowest BCUT2D eigenvalue weighted by Gasteiger charge is -2.09. The Morgan fingerprint density at radius 3 is 2.53 bits per heavy atom. The smallest absolute Gasteiger partial charge is 0.141 e. The highest BCUT2D eigenvalue weighted by Crippen LogP contribution is 2.33. The summed E-state index contributed by atoms with van der Waals surface area (Å²) < 4.78 is 31.9. The Balaban J connectivity index is 2.19. The molecule has 1 aromatic carbocycles. The van der Waals surface area contributed by atoms with Crippen LogP contribution in [0.15, 0.2) is 17.0 Å². The predicted molar refractivity (Wildman–Crippen MR) is 55.9 cm³/mol. The SMILES string of the molecule is Nc1cc(F)c(SC2CCOC2)c(F)c1. The fourth-order valence-corrected chi connectivity index (χ4v) is 2.52. The number of benzene rings is 1. The van der Waals surface area contributed by atoms with Crippen molar-refractivity contribution in [3.63, 3.8) is 0 Å². The maximum absolute atomic E-state index is 13.4. The van der Waals surface area contributed by atoms with Gasteiger partial charge in [0, 0.05) is 17.5 Å². The Morgan fingerprint density at radius 2 is 2.00 bits per heavy atom. The van der Waals surface area contributed by atoms with Gasteiger partial charge in [-0.2, -0.15) is 0 Å². The van der Waals surface area contributed by atoms with Gasteiger partial charge in [0.05, 0.1) is 11.5 Å². The number of hydrogen-bond donors (Lipinski definition) is 1. The van der Waals surface area contributed by atoms with Crippen molar-refractivity contribution in [2.45, 2.75) is 16.6 Å². The first-order chi connectivity index (χ1) is 7.16. The van der Waals surface area contributed by atoms with Gasteiger partial charge >= 0.3 is 0 Å². The molecule has 1 heterocycles. The molecular formula is C10H11F2NOS. The van der Waals surface area contributed by atoms with E-state index in [9.17, 15) is 8.78 Å². The summed E-state index contributed by atoms with van der Waals surface area (Å²) in [7, 11) is 0. The highest BCUT2D eigenvalue weighted by Gasteiger charge is 2.21. The minimum Gasteiger partial charge on any atom is -0.399 e. The number of halogens is 2. The van der Waals surface area contributed by atoms with E-state index >= 15 is 0 Å². The molecule has 5 heteroatoms.